The van der Waals surface area contributed by atoms with E-state index in [-0.39, 0.29) is 5.41 Å². The van der Waals surface area contributed by atoms with Gasteiger partial charge in [-0.1, -0.05) is 70.1 Å². The monoisotopic (exact) mass is 258 g/mol. The first-order chi connectivity index (χ1) is 7.27. The highest BCUT2D eigenvalue weighted by molar-refractivity contribution is 6.41. The highest BCUT2D eigenvalue weighted by Gasteiger charge is 2.25. The van der Waals surface area contributed by atoms with Gasteiger partial charge in [0, 0.05) is 0 Å². The van der Waals surface area contributed by atoms with Crippen molar-refractivity contribution in [2.45, 2.75) is 27.7 Å². The van der Waals surface area contributed by atoms with E-state index in [1.807, 2.05) is 12.2 Å². The van der Waals surface area contributed by atoms with Gasteiger partial charge in [0.2, 0.25) is 0 Å². The van der Waals surface area contributed by atoms with Crippen LogP contribution in [-0.4, -0.2) is 0 Å². The Morgan fingerprint density at radius 2 is 1.56 bits per heavy atom. The van der Waals surface area contributed by atoms with Gasteiger partial charge in [0.15, 0.2) is 0 Å². The van der Waals surface area contributed by atoms with Gasteiger partial charge >= 0.3 is 0 Å². The maximum Gasteiger partial charge on any atom is 0.0595 e. The standard InChI is InChI=1S/C14H20Cl2/c1-7-11(14(5,6)10(3)4)9-13(16)12(15)8-2/h7-10H,1-2H2,3-6H3/b11-9+,13-12-. The number of allylic oxidation sites excluding steroid dienone is 6. The molecule has 0 aliphatic rings. The molecule has 0 atom stereocenters. The van der Waals surface area contributed by atoms with Crippen molar-refractivity contribution in [2.75, 3.05) is 0 Å². The van der Waals surface area contributed by atoms with E-state index in [4.69, 9.17) is 23.2 Å². The van der Waals surface area contributed by atoms with Crippen LogP contribution in [-0.2, 0) is 0 Å². The highest BCUT2D eigenvalue weighted by Crippen LogP contribution is 2.36. The van der Waals surface area contributed by atoms with E-state index >= 15 is 0 Å². The molecular formula is C14H20Cl2. The van der Waals surface area contributed by atoms with Crippen molar-refractivity contribution in [3.63, 3.8) is 0 Å². The van der Waals surface area contributed by atoms with Crippen molar-refractivity contribution >= 4 is 23.2 Å². The predicted molar refractivity (Wildman–Crippen MR) is 75.8 cm³/mol. The molecule has 0 heterocycles. The average molecular weight is 259 g/mol. The molecular weight excluding hydrogens is 239 g/mol. The summed E-state index contributed by atoms with van der Waals surface area (Å²) in [5.74, 6) is 0.490. The minimum atomic E-state index is 0.0141. The highest BCUT2D eigenvalue weighted by atomic mass is 35.5. The minimum absolute atomic E-state index is 0.0141. The molecule has 0 radical (unpaired) electrons. The van der Waals surface area contributed by atoms with Gasteiger partial charge in [-0.05, 0) is 29.1 Å². The molecule has 0 saturated heterocycles. The van der Waals surface area contributed by atoms with Gasteiger partial charge in [-0.25, -0.2) is 0 Å². The summed E-state index contributed by atoms with van der Waals surface area (Å²) >= 11 is 12.0. The van der Waals surface area contributed by atoms with Gasteiger partial charge in [0.05, 0.1) is 10.1 Å². The zero-order chi connectivity index (χ0) is 12.9. The Kier molecular flexibility index (Phi) is 6.14. The zero-order valence-electron chi connectivity index (χ0n) is 10.5. The van der Waals surface area contributed by atoms with E-state index in [1.54, 1.807) is 0 Å². The van der Waals surface area contributed by atoms with E-state index in [1.165, 1.54) is 6.08 Å². The first kappa shape index (κ1) is 15.5. The first-order valence-electron chi connectivity index (χ1n) is 5.29. The number of halogens is 2. The topological polar surface area (TPSA) is 0 Å². The average Bonchev–Trinajstić information content (AvgIpc) is 2.23. The van der Waals surface area contributed by atoms with Crippen LogP contribution >= 0.6 is 23.2 Å². The Morgan fingerprint density at radius 3 is 1.88 bits per heavy atom. The number of rotatable bonds is 5. The molecule has 0 rings (SSSR count). The lowest BCUT2D eigenvalue weighted by atomic mass is 9.74. The predicted octanol–water partition coefficient (Wildman–Crippen LogP) is 5.66. The third-order valence-corrected chi connectivity index (χ3v) is 3.86. The van der Waals surface area contributed by atoms with Crippen LogP contribution < -0.4 is 0 Å². The van der Waals surface area contributed by atoms with Crippen LogP contribution in [0.25, 0.3) is 0 Å². The summed E-state index contributed by atoms with van der Waals surface area (Å²) < 4.78 is 0. The van der Waals surface area contributed by atoms with Gasteiger partial charge in [-0.2, -0.15) is 0 Å². The molecule has 0 aliphatic heterocycles. The largest absolute Gasteiger partial charge is 0.0988 e. The van der Waals surface area contributed by atoms with Crippen LogP contribution in [0.4, 0.5) is 0 Å². The molecule has 2 heteroatoms. The van der Waals surface area contributed by atoms with Gasteiger partial charge in [0.25, 0.3) is 0 Å². The molecule has 0 N–H and O–H groups in total. The zero-order valence-corrected chi connectivity index (χ0v) is 12.0. The second kappa shape index (κ2) is 6.32. The van der Waals surface area contributed by atoms with Crippen LogP contribution in [0.3, 0.4) is 0 Å². The quantitative estimate of drug-likeness (QED) is 0.559. The Labute approximate surface area is 109 Å². The second-order valence-corrected chi connectivity index (χ2v) is 5.39. The lowest BCUT2D eigenvalue weighted by Crippen LogP contribution is -2.21. The van der Waals surface area contributed by atoms with Crippen molar-refractivity contribution in [3.05, 3.63) is 47.0 Å². The summed E-state index contributed by atoms with van der Waals surface area (Å²) in [5.41, 5.74) is 1.09. The van der Waals surface area contributed by atoms with Crippen LogP contribution in [0.5, 0.6) is 0 Å². The Bertz CT molecular complexity index is 331. The second-order valence-electron chi connectivity index (χ2n) is 4.58. The number of hydrogen-bond donors (Lipinski definition) is 0. The molecule has 0 aromatic carbocycles. The van der Waals surface area contributed by atoms with Crippen molar-refractivity contribution in [1.29, 1.82) is 0 Å². The Hall–Kier alpha value is -0.460. The number of hydrogen-bond acceptors (Lipinski definition) is 0. The summed E-state index contributed by atoms with van der Waals surface area (Å²) in [7, 11) is 0. The van der Waals surface area contributed by atoms with Crippen LogP contribution in [0, 0.1) is 11.3 Å². The molecule has 16 heavy (non-hydrogen) atoms. The fraction of sp³-hybridized carbons (Fsp3) is 0.429. The van der Waals surface area contributed by atoms with Crippen molar-refractivity contribution in [2.24, 2.45) is 11.3 Å². The molecule has 0 amide bonds. The molecule has 0 aromatic rings. The van der Waals surface area contributed by atoms with Gasteiger partial charge in [-0.15, -0.1) is 0 Å². The Morgan fingerprint density at radius 1 is 1.06 bits per heavy atom. The fourth-order valence-corrected chi connectivity index (χ4v) is 1.39. The molecule has 0 fully saturated rings. The van der Waals surface area contributed by atoms with Crippen LogP contribution in [0.15, 0.2) is 47.0 Å². The maximum absolute atomic E-state index is 6.07. The summed E-state index contributed by atoms with van der Waals surface area (Å²) in [6, 6.07) is 0. The third kappa shape index (κ3) is 3.84. The smallest absolute Gasteiger partial charge is 0.0595 e. The third-order valence-electron chi connectivity index (χ3n) is 3.10. The SMILES string of the molecule is C=C/C(Cl)=C(Cl)\C=C(/C=C)C(C)(C)C(C)C. The molecule has 0 unspecified atom stereocenters. The Balaban J connectivity index is 5.40. The lowest BCUT2D eigenvalue weighted by Gasteiger charge is -2.31. The van der Waals surface area contributed by atoms with E-state index < -0.39 is 0 Å². The van der Waals surface area contributed by atoms with E-state index in [9.17, 15) is 0 Å². The first-order valence-corrected chi connectivity index (χ1v) is 6.05. The fourth-order valence-electron chi connectivity index (χ4n) is 1.14. The summed E-state index contributed by atoms with van der Waals surface area (Å²) in [5, 5.41) is 0.959. The van der Waals surface area contributed by atoms with E-state index in [0.29, 0.717) is 16.0 Å². The van der Waals surface area contributed by atoms with Gasteiger partial charge < -0.3 is 0 Å². The minimum Gasteiger partial charge on any atom is -0.0988 e. The molecule has 0 nitrogen and oxygen atoms in total. The summed E-state index contributed by atoms with van der Waals surface area (Å²) in [6.45, 7) is 16.1. The molecule has 0 aromatic heterocycles. The lowest BCUT2D eigenvalue weighted by molar-refractivity contribution is 0.317. The van der Waals surface area contributed by atoms with Gasteiger partial charge in [0.1, 0.15) is 0 Å². The molecule has 0 aliphatic carbocycles. The van der Waals surface area contributed by atoms with E-state index in [2.05, 4.69) is 40.9 Å². The molecule has 0 saturated carbocycles. The van der Waals surface area contributed by atoms with Gasteiger partial charge in [-0.3, -0.25) is 0 Å². The molecule has 0 bridgehead atoms. The van der Waals surface area contributed by atoms with Crippen molar-refractivity contribution in [1.82, 2.24) is 0 Å². The van der Waals surface area contributed by atoms with Crippen LogP contribution in [0.1, 0.15) is 27.7 Å². The normalized spacial score (nSPS) is 14.8. The van der Waals surface area contributed by atoms with Crippen molar-refractivity contribution < 1.29 is 0 Å². The molecule has 90 valence electrons. The maximum atomic E-state index is 6.07. The summed E-state index contributed by atoms with van der Waals surface area (Å²) in [6.07, 6.45) is 5.22. The van der Waals surface area contributed by atoms with Crippen molar-refractivity contribution in [3.8, 4) is 0 Å². The molecule has 0 spiro atoms. The summed E-state index contributed by atoms with van der Waals surface area (Å²) in [4.78, 5) is 0. The van der Waals surface area contributed by atoms with E-state index in [0.717, 1.165) is 5.57 Å². The van der Waals surface area contributed by atoms with Crippen LogP contribution in [0.2, 0.25) is 0 Å².